The highest BCUT2D eigenvalue weighted by Crippen LogP contribution is 2.34. The second kappa shape index (κ2) is 3.91. The fraction of sp³-hybridized carbons (Fsp3) is 0.700. The Hall–Kier alpha value is -0.540. The van der Waals surface area contributed by atoms with Gasteiger partial charge in [-0.2, -0.15) is 5.10 Å². The predicted molar refractivity (Wildman–Crippen MR) is 57.2 cm³/mol. The van der Waals surface area contributed by atoms with Gasteiger partial charge in [-0.25, -0.2) is 0 Å². The van der Waals surface area contributed by atoms with E-state index in [1.54, 1.807) is 24.9 Å². The zero-order valence-corrected chi connectivity index (χ0v) is 9.84. The Balaban J connectivity index is 3.14. The monoisotopic (exact) mass is 216 g/mol. The summed E-state index contributed by atoms with van der Waals surface area (Å²) in [5.41, 5.74) is -0.231. The zero-order chi connectivity index (χ0) is 10.9. The number of aryl methyl sites for hydroxylation is 1. The molecule has 0 spiro atoms. The fourth-order valence-corrected chi connectivity index (χ4v) is 1.97. The van der Waals surface area contributed by atoms with Crippen molar-refractivity contribution in [3.8, 4) is 0 Å². The zero-order valence-electron chi connectivity index (χ0n) is 9.08. The molecule has 0 aromatic carbocycles. The van der Waals surface area contributed by atoms with Crippen molar-refractivity contribution in [1.29, 1.82) is 0 Å². The molecule has 0 saturated carbocycles. The van der Waals surface area contributed by atoms with Gasteiger partial charge in [0.25, 0.3) is 0 Å². The average Bonchev–Trinajstić information content (AvgIpc) is 2.44. The number of halogens is 1. The molecule has 1 heterocycles. The summed E-state index contributed by atoms with van der Waals surface area (Å²) in [6.45, 7) is 5.83. The molecule has 0 amide bonds. The molecule has 0 aliphatic heterocycles. The van der Waals surface area contributed by atoms with Gasteiger partial charge < -0.3 is 5.11 Å². The van der Waals surface area contributed by atoms with Crippen LogP contribution in [-0.4, -0.2) is 14.9 Å². The minimum absolute atomic E-state index is 0.149. The normalized spacial score (nSPS) is 17.9. The van der Waals surface area contributed by atoms with E-state index in [1.165, 1.54) is 0 Å². The minimum Gasteiger partial charge on any atom is -0.384 e. The molecule has 0 radical (unpaired) electrons. The molecule has 2 atom stereocenters. The van der Waals surface area contributed by atoms with E-state index in [0.717, 1.165) is 6.42 Å². The van der Waals surface area contributed by atoms with Crippen molar-refractivity contribution >= 4 is 11.6 Å². The number of nitrogens with zero attached hydrogens (tertiary/aromatic N) is 2. The molecule has 80 valence electrons. The first-order valence-corrected chi connectivity index (χ1v) is 5.19. The van der Waals surface area contributed by atoms with Crippen LogP contribution in [0.5, 0.6) is 0 Å². The van der Waals surface area contributed by atoms with Gasteiger partial charge in [-0.1, -0.05) is 31.9 Å². The lowest BCUT2D eigenvalue weighted by Gasteiger charge is -2.30. The molecule has 0 fully saturated rings. The van der Waals surface area contributed by atoms with E-state index in [0.29, 0.717) is 10.7 Å². The molecule has 0 aliphatic rings. The van der Waals surface area contributed by atoms with Gasteiger partial charge in [-0.3, -0.25) is 4.68 Å². The Morgan fingerprint density at radius 3 is 2.64 bits per heavy atom. The lowest BCUT2D eigenvalue weighted by molar-refractivity contribution is -0.00727. The van der Waals surface area contributed by atoms with Crippen molar-refractivity contribution in [3.05, 3.63) is 16.9 Å². The van der Waals surface area contributed by atoms with Gasteiger partial charge in [0.2, 0.25) is 0 Å². The lowest BCUT2D eigenvalue weighted by Crippen LogP contribution is -2.32. The first kappa shape index (κ1) is 11.5. The number of rotatable bonds is 3. The summed E-state index contributed by atoms with van der Waals surface area (Å²) < 4.78 is 1.63. The molecule has 14 heavy (non-hydrogen) atoms. The maximum absolute atomic E-state index is 10.4. The molecule has 1 rings (SSSR count). The summed E-state index contributed by atoms with van der Waals surface area (Å²) in [6, 6.07) is 0. The van der Waals surface area contributed by atoms with Gasteiger partial charge in [-0.05, 0) is 12.8 Å². The maximum atomic E-state index is 10.4. The SMILES string of the molecule is CCC(C)C(C)(O)c1c(Cl)cnn1C. The molecule has 0 saturated heterocycles. The van der Waals surface area contributed by atoms with Crippen molar-refractivity contribution in [3.63, 3.8) is 0 Å². The van der Waals surface area contributed by atoms with Crippen LogP contribution in [0.3, 0.4) is 0 Å². The molecule has 1 aromatic rings. The molecule has 2 unspecified atom stereocenters. The van der Waals surface area contributed by atoms with E-state index in [1.807, 2.05) is 13.8 Å². The third-order valence-electron chi connectivity index (χ3n) is 2.95. The lowest BCUT2D eigenvalue weighted by atomic mass is 9.86. The quantitative estimate of drug-likeness (QED) is 0.842. The molecule has 1 aromatic heterocycles. The molecule has 1 N–H and O–H groups in total. The number of aromatic nitrogens is 2. The van der Waals surface area contributed by atoms with Crippen LogP contribution in [0.2, 0.25) is 5.02 Å². The topological polar surface area (TPSA) is 38.1 Å². The molecular weight excluding hydrogens is 200 g/mol. The second-order valence-corrected chi connectivity index (χ2v) is 4.33. The van der Waals surface area contributed by atoms with Crippen LogP contribution in [0.15, 0.2) is 6.20 Å². The van der Waals surface area contributed by atoms with Crippen molar-refractivity contribution in [2.45, 2.75) is 32.8 Å². The molecule has 4 heteroatoms. The van der Waals surface area contributed by atoms with E-state index in [2.05, 4.69) is 5.10 Å². The third kappa shape index (κ3) is 1.79. The van der Waals surface area contributed by atoms with Crippen LogP contribution in [0.4, 0.5) is 0 Å². The molecule has 0 aliphatic carbocycles. The average molecular weight is 217 g/mol. The highest BCUT2D eigenvalue weighted by atomic mass is 35.5. The Bertz CT molecular complexity index is 300. The van der Waals surface area contributed by atoms with Gasteiger partial charge in [0.1, 0.15) is 5.60 Å². The summed E-state index contributed by atoms with van der Waals surface area (Å²) in [5.74, 6) is 0.149. The van der Waals surface area contributed by atoms with E-state index in [4.69, 9.17) is 11.6 Å². The van der Waals surface area contributed by atoms with Gasteiger partial charge in [0.15, 0.2) is 0 Å². The Morgan fingerprint density at radius 2 is 2.29 bits per heavy atom. The van der Waals surface area contributed by atoms with Crippen molar-refractivity contribution in [1.82, 2.24) is 9.78 Å². The smallest absolute Gasteiger partial charge is 0.107 e. The van der Waals surface area contributed by atoms with Crippen molar-refractivity contribution in [2.75, 3.05) is 0 Å². The van der Waals surface area contributed by atoms with E-state index in [9.17, 15) is 5.11 Å². The van der Waals surface area contributed by atoms with Crippen LogP contribution >= 0.6 is 11.6 Å². The first-order chi connectivity index (χ1) is 6.41. The molecule has 0 bridgehead atoms. The van der Waals surface area contributed by atoms with Crippen LogP contribution in [0.25, 0.3) is 0 Å². The van der Waals surface area contributed by atoms with Gasteiger partial charge in [0.05, 0.1) is 16.9 Å². The summed E-state index contributed by atoms with van der Waals surface area (Å²) in [5, 5.41) is 14.9. The summed E-state index contributed by atoms with van der Waals surface area (Å²) in [6.07, 6.45) is 2.46. The van der Waals surface area contributed by atoms with E-state index >= 15 is 0 Å². The second-order valence-electron chi connectivity index (χ2n) is 3.92. The van der Waals surface area contributed by atoms with Gasteiger partial charge in [-0.15, -0.1) is 0 Å². The highest BCUT2D eigenvalue weighted by Gasteiger charge is 2.34. The Kier molecular flexibility index (Phi) is 3.22. The van der Waals surface area contributed by atoms with Crippen LogP contribution in [-0.2, 0) is 12.6 Å². The summed E-state index contributed by atoms with van der Waals surface area (Å²) in [4.78, 5) is 0. The maximum Gasteiger partial charge on any atom is 0.107 e. The van der Waals surface area contributed by atoms with E-state index < -0.39 is 5.60 Å². The first-order valence-electron chi connectivity index (χ1n) is 4.81. The third-order valence-corrected chi connectivity index (χ3v) is 3.22. The van der Waals surface area contributed by atoms with Gasteiger partial charge >= 0.3 is 0 Å². The fourth-order valence-electron chi connectivity index (χ4n) is 1.61. The van der Waals surface area contributed by atoms with Crippen molar-refractivity contribution < 1.29 is 5.11 Å². The minimum atomic E-state index is -0.920. The highest BCUT2D eigenvalue weighted by molar-refractivity contribution is 6.31. The summed E-state index contributed by atoms with van der Waals surface area (Å²) in [7, 11) is 1.79. The van der Waals surface area contributed by atoms with Crippen molar-refractivity contribution in [2.24, 2.45) is 13.0 Å². The largest absolute Gasteiger partial charge is 0.384 e. The van der Waals surface area contributed by atoms with Crippen LogP contribution in [0, 0.1) is 5.92 Å². The summed E-state index contributed by atoms with van der Waals surface area (Å²) >= 11 is 5.99. The predicted octanol–water partition coefficient (Wildman–Crippen LogP) is 2.33. The molecule has 3 nitrogen and oxygen atoms in total. The van der Waals surface area contributed by atoms with Crippen LogP contribution in [0.1, 0.15) is 32.9 Å². The Labute approximate surface area is 89.7 Å². The molecular formula is C10H17ClN2O. The number of hydrogen-bond acceptors (Lipinski definition) is 2. The van der Waals surface area contributed by atoms with Gasteiger partial charge in [0, 0.05) is 7.05 Å². The Morgan fingerprint density at radius 1 is 1.71 bits per heavy atom. The standard InChI is InChI=1S/C10H17ClN2O/c1-5-7(2)10(3,14)9-8(11)6-12-13(9)4/h6-7,14H,5H2,1-4H3. The van der Waals surface area contributed by atoms with Crippen LogP contribution < -0.4 is 0 Å². The number of aliphatic hydroxyl groups is 1. The number of hydrogen-bond donors (Lipinski definition) is 1. The van der Waals surface area contributed by atoms with E-state index in [-0.39, 0.29) is 5.92 Å².